The van der Waals surface area contributed by atoms with E-state index in [4.69, 9.17) is 4.98 Å². The molecule has 0 saturated heterocycles. The first-order valence-electron chi connectivity index (χ1n) is 17.5. The van der Waals surface area contributed by atoms with Gasteiger partial charge in [-0.3, -0.25) is 14.4 Å². The van der Waals surface area contributed by atoms with E-state index >= 15 is 0 Å². The van der Waals surface area contributed by atoms with Crippen LogP contribution in [-0.2, 0) is 9.59 Å². The van der Waals surface area contributed by atoms with Gasteiger partial charge in [-0.05, 0) is 76.4 Å². The molecule has 1 aromatic heterocycles. The van der Waals surface area contributed by atoms with E-state index in [-0.39, 0.29) is 11.6 Å². The lowest BCUT2D eigenvalue weighted by Gasteiger charge is -2.15. The largest absolute Gasteiger partial charge is 0.321 e. The summed E-state index contributed by atoms with van der Waals surface area (Å²) in [6.45, 7) is 1.96. The molecule has 0 aliphatic carbocycles. The Kier molecular flexibility index (Phi) is 11.4. The highest BCUT2D eigenvalue weighted by molar-refractivity contribution is 8.00. The van der Waals surface area contributed by atoms with Gasteiger partial charge >= 0.3 is 0 Å². The lowest BCUT2D eigenvalue weighted by molar-refractivity contribution is -0.116. The van der Waals surface area contributed by atoms with Gasteiger partial charge in [0.05, 0.1) is 10.9 Å². The Labute approximate surface area is 322 Å². The molecule has 7 aromatic rings. The molecule has 1 heterocycles. The SMILES string of the molecule is CCC(Sc1cccc(NC(=O)/C(=C\c2ccc(-c3ccccc3)cc2)NC(=O)c2ccccc2)c1)C(=O)Nc1nc(-c2ccc3ccccc3c2)cs1. The highest BCUT2D eigenvalue weighted by atomic mass is 32.2. The normalized spacial score (nSPS) is 11.8. The van der Waals surface area contributed by atoms with Gasteiger partial charge in [-0.25, -0.2) is 4.98 Å². The van der Waals surface area contributed by atoms with E-state index in [1.807, 2.05) is 109 Å². The first-order valence-corrected chi connectivity index (χ1v) is 19.2. The molecule has 7 nitrogen and oxygen atoms in total. The number of rotatable bonds is 12. The number of carbonyl (C=O) groups excluding carboxylic acids is 3. The molecule has 7 rings (SSSR count). The van der Waals surface area contributed by atoms with Crippen LogP contribution in [0.5, 0.6) is 0 Å². The summed E-state index contributed by atoms with van der Waals surface area (Å²) in [5.74, 6) is -1.03. The van der Waals surface area contributed by atoms with Gasteiger partial charge in [-0.1, -0.05) is 122 Å². The summed E-state index contributed by atoms with van der Waals surface area (Å²) in [6, 6.07) is 48.3. The van der Waals surface area contributed by atoms with Gasteiger partial charge in [0.25, 0.3) is 11.8 Å². The van der Waals surface area contributed by atoms with Crippen LogP contribution >= 0.6 is 23.1 Å². The highest BCUT2D eigenvalue weighted by Gasteiger charge is 2.21. The second-order valence-electron chi connectivity index (χ2n) is 12.5. The predicted octanol–water partition coefficient (Wildman–Crippen LogP) is 10.5. The van der Waals surface area contributed by atoms with Gasteiger partial charge in [-0.2, -0.15) is 0 Å². The van der Waals surface area contributed by atoms with Crippen molar-refractivity contribution in [2.75, 3.05) is 10.6 Å². The fraction of sp³-hybridized carbons (Fsp3) is 0.0667. The van der Waals surface area contributed by atoms with Crippen molar-refractivity contribution in [2.45, 2.75) is 23.5 Å². The molecule has 0 aliphatic rings. The molecule has 54 heavy (non-hydrogen) atoms. The highest BCUT2D eigenvalue weighted by Crippen LogP contribution is 2.31. The van der Waals surface area contributed by atoms with Crippen LogP contribution in [0.25, 0.3) is 39.2 Å². The zero-order chi connectivity index (χ0) is 37.3. The number of nitrogens with zero attached hydrogens (tertiary/aromatic N) is 1. The molecule has 1 unspecified atom stereocenters. The molecule has 0 aliphatic heterocycles. The van der Waals surface area contributed by atoms with Crippen LogP contribution in [0.15, 0.2) is 168 Å². The Hall–Kier alpha value is -6.29. The quantitative estimate of drug-likeness (QED) is 0.0854. The summed E-state index contributed by atoms with van der Waals surface area (Å²) < 4.78 is 0. The van der Waals surface area contributed by atoms with Gasteiger partial charge in [-0.15, -0.1) is 23.1 Å². The number of nitrogens with one attached hydrogen (secondary N) is 3. The standard InChI is InChI=1S/C45H36N4O3S2/c1-2-41(44(52)49-45-48-40(29-53-45)36-25-24-32-14-9-10-17-35(32)27-36)54-38-19-11-18-37(28-38)46-43(51)39(47-42(50)34-15-7-4-8-16-34)26-30-20-22-33(23-21-30)31-12-5-3-6-13-31/h3-29,41H,2H2,1H3,(H,46,51)(H,47,50)(H,48,49,52)/b39-26+. The molecular formula is C45H36N4O3S2. The zero-order valence-corrected chi connectivity index (χ0v) is 31.0. The lowest BCUT2D eigenvalue weighted by Crippen LogP contribution is -2.30. The third-order valence-electron chi connectivity index (χ3n) is 8.67. The monoisotopic (exact) mass is 744 g/mol. The molecule has 0 radical (unpaired) electrons. The van der Waals surface area contributed by atoms with Crippen LogP contribution < -0.4 is 16.0 Å². The minimum Gasteiger partial charge on any atom is -0.321 e. The number of aromatic nitrogens is 1. The van der Waals surface area contributed by atoms with Crippen molar-refractivity contribution in [2.24, 2.45) is 0 Å². The van der Waals surface area contributed by atoms with Crippen LogP contribution in [0.3, 0.4) is 0 Å². The fourth-order valence-corrected chi connectivity index (χ4v) is 7.58. The van der Waals surface area contributed by atoms with Gasteiger partial charge in [0.2, 0.25) is 5.91 Å². The van der Waals surface area contributed by atoms with Crippen molar-refractivity contribution in [1.82, 2.24) is 10.3 Å². The number of carbonyl (C=O) groups is 3. The van der Waals surface area contributed by atoms with E-state index in [0.29, 0.717) is 22.8 Å². The fourth-order valence-electron chi connectivity index (χ4n) is 5.84. The smallest absolute Gasteiger partial charge is 0.272 e. The van der Waals surface area contributed by atoms with Crippen LogP contribution in [0.2, 0.25) is 0 Å². The van der Waals surface area contributed by atoms with E-state index in [1.165, 1.54) is 23.1 Å². The number of fused-ring (bicyclic) bond motifs is 1. The van der Waals surface area contributed by atoms with E-state index < -0.39 is 17.1 Å². The van der Waals surface area contributed by atoms with Crippen molar-refractivity contribution in [3.63, 3.8) is 0 Å². The van der Waals surface area contributed by atoms with Crippen LogP contribution in [0.4, 0.5) is 10.8 Å². The van der Waals surface area contributed by atoms with E-state index in [1.54, 1.807) is 36.4 Å². The van der Waals surface area contributed by atoms with Gasteiger partial charge in [0, 0.05) is 27.1 Å². The van der Waals surface area contributed by atoms with E-state index in [2.05, 4.69) is 40.2 Å². The molecule has 1 atom stereocenters. The molecular weight excluding hydrogens is 709 g/mol. The number of hydrogen-bond acceptors (Lipinski definition) is 6. The summed E-state index contributed by atoms with van der Waals surface area (Å²) in [5, 5.41) is 13.1. The molecule has 0 bridgehead atoms. The molecule has 6 aromatic carbocycles. The second-order valence-corrected chi connectivity index (χ2v) is 14.6. The Morgan fingerprint density at radius 3 is 2.15 bits per heavy atom. The van der Waals surface area contributed by atoms with Crippen LogP contribution in [-0.4, -0.2) is 28.0 Å². The van der Waals surface area contributed by atoms with Crippen molar-refractivity contribution in [3.8, 4) is 22.4 Å². The lowest BCUT2D eigenvalue weighted by atomic mass is 10.0. The number of hydrogen-bond donors (Lipinski definition) is 3. The predicted molar refractivity (Wildman–Crippen MR) is 222 cm³/mol. The summed E-state index contributed by atoms with van der Waals surface area (Å²) in [5.41, 5.74) is 5.72. The van der Waals surface area contributed by atoms with Gasteiger partial charge in [0.1, 0.15) is 5.70 Å². The van der Waals surface area contributed by atoms with Crippen molar-refractivity contribution < 1.29 is 14.4 Å². The third kappa shape index (κ3) is 9.01. The average Bonchev–Trinajstić information content (AvgIpc) is 3.69. The molecule has 0 spiro atoms. The first kappa shape index (κ1) is 36.1. The Morgan fingerprint density at radius 1 is 0.704 bits per heavy atom. The maximum absolute atomic E-state index is 13.8. The number of anilines is 2. The maximum atomic E-state index is 13.8. The average molecular weight is 745 g/mol. The van der Waals surface area contributed by atoms with Crippen molar-refractivity contribution >= 4 is 68.5 Å². The van der Waals surface area contributed by atoms with Crippen molar-refractivity contribution in [1.29, 1.82) is 0 Å². The second kappa shape index (κ2) is 17.0. The van der Waals surface area contributed by atoms with Crippen LogP contribution in [0, 0.1) is 0 Å². The summed E-state index contributed by atoms with van der Waals surface area (Å²) >= 11 is 2.80. The molecule has 0 fully saturated rings. The Bertz CT molecular complexity index is 2450. The van der Waals surface area contributed by atoms with Crippen molar-refractivity contribution in [3.05, 3.63) is 174 Å². The first-order chi connectivity index (χ1) is 26.4. The Balaban J connectivity index is 1.04. The van der Waals surface area contributed by atoms with Crippen LogP contribution in [0.1, 0.15) is 29.3 Å². The molecule has 9 heteroatoms. The minimum atomic E-state index is -0.482. The maximum Gasteiger partial charge on any atom is 0.272 e. The number of thiazole rings is 1. The summed E-state index contributed by atoms with van der Waals surface area (Å²) in [7, 11) is 0. The van der Waals surface area contributed by atoms with Gasteiger partial charge in [0.15, 0.2) is 5.13 Å². The Morgan fingerprint density at radius 2 is 1.39 bits per heavy atom. The molecule has 3 amide bonds. The topological polar surface area (TPSA) is 100 Å². The zero-order valence-electron chi connectivity index (χ0n) is 29.4. The number of benzene rings is 6. The third-order valence-corrected chi connectivity index (χ3v) is 10.8. The number of amides is 3. The minimum absolute atomic E-state index is 0.0895. The molecule has 0 saturated carbocycles. The molecule has 3 N–H and O–H groups in total. The van der Waals surface area contributed by atoms with E-state index in [0.717, 1.165) is 43.6 Å². The summed E-state index contributed by atoms with van der Waals surface area (Å²) in [6.07, 6.45) is 2.24. The van der Waals surface area contributed by atoms with Gasteiger partial charge < -0.3 is 16.0 Å². The summed E-state index contributed by atoms with van der Waals surface area (Å²) in [4.78, 5) is 45.9. The van der Waals surface area contributed by atoms with E-state index in [9.17, 15) is 14.4 Å². The number of thioether (sulfide) groups is 1. The molecule has 266 valence electrons.